The first kappa shape index (κ1) is 21.7. The monoisotopic (exact) mass is 451 g/mol. The number of ether oxygens (including phenoxy) is 3. The van der Waals surface area contributed by atoms with E-state index in [4.69, 9.17) is 25.8 Å². The fraction of sp³-hybridized carbons (Fsp3) is 0.200. The Hall–Kier alpha value is -3.51. The van der Waals surface area contributed by atoms with E-state index >= 15 is 0 Å². The molecule has 0 bridgehead atoms. The zero-order valence-corrected chi connectivity index (χ0v) is 18.2. The summed E-state index contributed by atoms with van der Waals surface area (Å²) in [6.07, 6.45) is -0.283. The minimum Gasteiger partial charge on any atom is -0.493 e. The number of hydrogen-bond acceptors (Lipinski definition) is 5. The second-order valence-corrected chi connectivity index (χ2v) is 7.77. The number of esters is 1. The molecule has 0 spiro atoms. The van der Waals surface area contributed by atoms with Crippen molar-refractivity contribution in [2.45, 2.75) is 26.0 Å². The molecule has 1 aliphatic heterocycles. The largest absolute Gasteiger partial charge is 0.493 e. The first-order valence-corrected chi connectivity index (χ1v) is 10.6. The normalized spacial score (nSPS) is 15.0. The van der Waals surface area contributed by atoms with Gasteiger partial charge in [-0.1, -0.05) is 35.9 Å². The Balaban J connectivity index is 1.43. The smallest absolute Gasteiger partial charge is 0.308 e. The second-order valence-electron chi connectivity index (χ2n) is 7.33. The molecule has 0 radical (unpaired) electrons. The number of hydrogen-bond donors (Lipinski definition) is 0. The van der Waals surface area contributed by atoms with Gasteiger partial charge in [0.25, 0.3) is 5.91 Å². The van der Waals surface area contributed by atoms with Crippen LogP contribution in [0.3, 0.4) is 0 Å². The fourth-order valence-corrected chi connectivity index (χ4v) is 3.71. The van der Waals surface area contributed by atoms with Gasteiger partial charge < -0.3 is 19.1 Å². The SMILES string of the molecule is CC(=O)Oc1ccc(OCCC2Oc3ccccc3N(Cc3cccc(Cl)c3)C2=O)cc1. The summed E-state index contributed by atoms with van der Waals surface area (Å²) in [4.78, 5) is 26.0. The number of nitrogens with zero attached hydrogens (tertiary/aromatic N) is 1. The average Bonchev–Trinajstić information content (AvgIpc) is 2.77. The number of carbonyl (C=O) groups is 2. The van der Waals surface area contributed by atoms with Gasteiger partial charge in [-0.05, 0) is 54.1 Å². The van der Waals surface area contributed by atoms with Crippen LogP contribution in [0.4, 0.5) is 5.69 Å². The van der Waals surface area contributed by atoms with E-state index in [0.29, 0.717) is 35.2 Å². The second kappa shape index (κ2) is 9.75. The van der Waals surface area contributed by atoms with Crippen LogP contribution in [0, 0.1) is 0 Å². The molecule has 3 aromatic rings. The number of rotatable bonds is 7. The summed E-state index contributed by atoms with van der Waals surface area (Å²) in [6, 6.07) is 21.7. The van der Waals surface area contributed by atoms with Gasteiger partial charge in [-0.25, -0.2) is 0 Å². The van der Waals surface area contributed by atoms with Gasteiger partial charge in [0.1, 0.15) is 17.2 Å². The number of anilines is 1. The topological polar surface area (TPSA) is 65.1 Å². The zero-order valence-electron chi connectivity index (χ0n) is 17.5. The fourth-order valence-electron chi connectivity index (χ4n) is 3.49. The lowest BCUT2D eigenvalue weighted by molar-refractivity contribution is -0.132. The van der Waals surface area contributed by atoms with E-state index in [0.717, 1.165) is 11.3 Å². The van der Waals surface area contributed by atoms with Gasteiger partial charge >= 0.3 is 5.97 Å². The molecule has 1 atom stereocenters. The van der Waals surface area contributed by atoms with Gasteiger partial charge in [-0.2, -0.15) is 0 Å². The van der Waals surface area contributed by atoms with Crippen molar-refractivity contribution in [1.29, 1.82) is 0 Å². The highest BCUT2D eigenvalue weighted by Crippen LogP contribution is 2.35. The first-order valence-electron chi connectivity index (χ1n) is 10.2. The molecule has 7 heteroatoms. The van der Waals surface area contributed by atoms with Crippen molar-refractivity contribution in [3.63, 3.8) is 0 Å². The Labute approximate surface area is 191 Å². The van der Waals surface area contributed by atoms with Crippen molar-refractivity contribution >= 4 is 29.2 Å². The number of fused-ring (bicyclic) bond motifs is 1. The molecule has 4 rings (SSSR count). The molecule has 0 aliphatic carbocycles. The van der Waals surface area contributed by atoms with Crippen LogP contribution in [-0.4, -0.2) is 24.6 Å². The maximum Gasteiger partial charge on any atom is 0.308 e. The summed E-state index contributed by atoms with van der Waals surface area (Å²) in [5.74, 6) is 1.21. The number of halogens is 1. The molecule has 1 aliphatic rings. The van der Waals surface area contributed by atoms with E-state index in [1.807, 2.05) is 42.5 Å². The van der Waals surface area contributed by atoms with Crippen molar-refractivity contribution in [3.8, 4) is 17.2 Å². The number of amides is 1. The molecule has 6 nitrogen and oxygen atoms in total. The van der Waals surface area contributed by atoms with E-state index in [-0.39, 0.29) is 18.5 Å². The van der Waals surface area contributed by atoms with Crippen molar-refractivity contribution in [2.24, 2.45) is 0 Å². The summed E-state index contributed by atoms with van der Waals surface area (Å²) in [7, 11) is 0. The number of benzene rings is 3. The van der Waals surface area contributed by atoms with E-state index in [9.17, 15) is 9.59 Å². The van der Waals surface area contributed by atoms with Gasteiger partial charge in [0.2, 0.25) is 0 Å². The average molecular weight is 452 g/mol. The molecular weight excluding hydrogens is 430 g/mol. The van der Waals surface area contributed by atoms with Crippen molar-refractivity contribution < 1.29 is 23.8 Å². The Bertz CT molecular complexity index is 1120. The Morgan fingerprint density at radius 2 is 1.78 bits per heavy atom. The van der Waals surface area contributed by atoms with E-state index in [1.165, 1.54) is 6.92 Å². The van der Waals surface area contributed by atoms with E-state index in [1.54, 1.807) is 35.2 Å². The van der Waals surface area contributed by atoms with Crippen molar-refractivity contribution in [1.82, 2.24) is 0 Å². The molecule has 1 amide bonds. The first-order chi connectivity index (χ1) is 15.5. The lowest BCUT2D eigenvalue weighted by atomic mass is 10.1. The minimum atomic E-state index is -0.663. The molecule has 32 heavy (non-hydrogen) atoms. The highest BCUT2D eigenvalue weighted by molar-refractivity contribution is 6.30. The van der Waals surface area contributed by atoms with Crippen LogP contribution >= 0.6 is 11.6 Å². The summed E-state index contributed by atoms with van der Waals surface area (Å²) in [6.45, 7) is 2.03. The molecule has 1 unspecified atom stereocenters. The van der Waals surface area contributed by atoms with Gasteiger partial charge in [0.05, 0.1) is 18.8 Å². The molecule has 1 heterocycles. The maximum atomic E-state index is 13.2. The quantitative estimate of drug-likeness (QED) is 0.372. The molecule has 0 N–H and O–H groups in total. The molecule has 0 saturated carbocycles. The van der Waals surface area contributed by atoms with Crippen molar-refractivity contribution in [2.75, 3.05) is 11.5 Å². The lowest BCUT2D eigenvalue weighted by Crippen LogP contribution is -2.46. The van der Waals surface area contributed by atoms with E-state index < -0.39 is 6.10 Å². The number of para-hydroxylation sites is 2. The number of carbonyl (C=O) groups excluding carboxylic acids is 2. The molecule has 0 fully saturated rings. The van der Waals surface area contributed by atoms with Crippen LogP contribution in [-0.2, 0) is 16.1 Å². The van der Waals surface area contributed by atoms with Crippen LogP contribution in [0.15, 0.2) is 72.8 Å². The predicted molar refractivity (Wildman–Crippen MR) is 121 cm³/mol. The van der Waals surface area contributed by atoms with Gasteiger partial charge in [0, 0.05) is 18.4 Å². The van der Waals surface area contributed by atoms with Gasteiger partial charge in [0.15, 0.2) is 6.10 Å². The maximum absolute atomic E-state index is 13.2. The minimum absolute atomic E-state index is 0.127. The molecule has 3 aromatic carbocycles. The van der Waals surface area contributed by atoms with Gasteiger partial charge in [-0.3, -0.25) is 9.59 Å². The third-order valence-corrected chi connectivity index (χ3v) is 5.17. The molecule has 164 valence electrons. The lowest BCUT2D eigenvalue weighted by Gasteiger charge is -2.34. The Kier molecular flexibility index (Phi) is 6.61. The summed E-state index contributed by atoms with van der Waals surface area (Å²) in [5, 5.41) is 0.626. The molecule has 0 saturated heterocycles. The molecular formula is C25H22ClNO5. The predicted octanol–water partition coefficient (Wildman–Crippen LogP) is 5.03. The van der Waals surface area contributed by atoms with Crippen molar-refractivity contribution in [3.05, 3.63) is 83.4 Å². The standard InChI is InChI=1S/C25H22ClNO5/c1-17(28)31-21-11-9-20(10-12-21)30-14-13-24-25(29)27(16-18-5-4-6-19(26)15-18)22-7-2-3-8-23(22)32-24/h2-12,15,24H,13-14,16H2,1H3. The van der Waals surface area contributed by atoms with Gasteiger partial charge in [-0.15, -0.1) is 0 Å². The Morgan fingerprint density at radius 3 is 2.53 bits per heavy atom. The molecule has 0 aromatic heterocycles. The zero-order chi connectivity index (χ0) is 22.5. The summed E-state index contributed by atoms with van der Waals surface area (Å²) >= 11 is 6.12. The highest BCUT2D eigenvalue weighted by atomic mass is 35.5. The van der Waals surface area contributed by atoms with E-state index in [2.05, 4.69) is 0 Å². The summed E-state index contributed by atoms with van der Waals surface area (Å²) < 4.78 is 16.8. The summed E-state index contributed by atoms with van der Waals surface area (Å²) in [5.41, 5.74) is 1.67. The van der Waals surface area contributed by atoms with Crippen LogP contribution in [0.1, 0.15) is 18.9 Å². The van der Waals surface area contributed by atoms with Crippen LogP contribution in [0.5, 0.6) is 17.2 Å². The highest BCUT2D eigenvalue weighted by Gasteiger charge is 2.34. The van der Waals surface area contributed by atoms with Crippen LogP contribution in [0.25, 0.3) is 0 Å². The third kappa shape index (κ3) is 5.21. The van der Waals surface area contributed by atoms with Crippen LogP contribution in [0.2, 0.25) is 5.02 Å². The third-order valence-electron chi connectivity index (χ3n) is 4.93. The Morgan fingerprint density at radius 1 is 1.03 bits per heavy atom. The van der Waals surface area contributed by atoms with Crippen LogP contribution < -0.4 is 19.1 Å².